The van der Waals surface area contributed by atoms with Gasteiger partial charge in [-0.05, 0) is 13.8 Å². The van der Waals surface area contributed by atoms with Gasteiger partial charge in [0.2, 0.25) is 0 Å². The first-order valence-corrected chi connectivity index (χ1v) is 6.85. The van der Waals surface area contributed by atoms with E-state index in [0.29, 0.717) is 24.6 Å². The van der Waals surface area contributed by atoms with Gasteiger partial charge in [0.25, 0.3) is 5.91 Å². The van der Waals surface area contributed by atoms with Crippen LogP contribution in [0.2, 0.25) is 0 Å². The summed E-state index contributed by atoms with van der Waals surface area (Å²) < 4.78 is 5.35. The molecule has 0 aliphatic carbocycles. The second kappa shape index (κ2) is 5.66. The first-order chi connectivity index (χ1) is 8.97. The fraction of sp³-hybridized carbons (Fsp3) is 0.583. The van der Waals surface area contributed by atoms with E-state index in [2.05, 4.69) is 4.98 Å². The molecule has 2 heterocycles. The first-order valence-electron chi connectivity index (χ1n) is 6.04. The van der Waals surface area contributed by atoms with Crippen molar-refractivity contribution in [1.29, 1.82) is 0 Å². The van der Waals surface area contributed by atoms with Crippen molar-refractivity contribution in [3.8, 4) is 0 Å². The second-order valence-corrected chi connectivity index (χ2v) is 5.69. The van der Waals surface area contributed by atoms with Gasteiger partial charge < -0.3 is 14.7 Å². The summed E-state index contributed by atoms with van der Waals surface area (Å²) in [5.41, 5.74) is 0.730. The molecule has 7 heteroatoms. The molecule has 1 aliphatic heterocycles. The van der Waals surface area contributed by atoms with Crippen LogP contribution in [0, 0.1) is 13.8 Å². The summed E-state index contributed by atoms with van der Waals surface area (Å²) in [5.74, 6) is -0.995. The van der Waals surface area contributed by atoms with Crippen LogP contribution in [0.5, 0.6) is 0 Å². The number of hydrogen-bond donors (Lipinski definition) is 1. The predicted molar refractivity (Wildman–Crippen MR) is 69.5 cm³/mol. The van der Waals surface area contributed by atoms with Crippen LogP contribution in [0.1, 0.15) is 26.8 Å². The third-order valence-corrected chi connectivity index (χ3v) is 3.99. The molecule has 1 N–H and O–H groups in total. The van der Waals surface area contributed by atoms with Gasteiger partial charge in [0.15, 0.2) is 0 Å². The molecular formula is C12H16N2O4S. The Morgan fingerprint density at radius 2 is 2.26 bits per heavy atom. The molecule has 1 amide bonds. The van der Waals surface area contributed by atoms with Gasteiger partial charge in [-0.1, -0.05) is 0 Å². The number of aryl methyl sites for hydroxylation is 2. The van der Waals surface area contributed by atoms with Gasteiger partial charge in [-0.3, -0.25) is 9.59 Å². The van der Waals surface area contributed by atoms with Crippen molar-refractivity contribution in [3.05, 3.63) is 15.6 Å². The maximum atomic E-state index is 12.4. The van der Waals surface area contributed by atoms with Crippen molar-refractivity contribution in [2.45, 2.75) is 26.4 Å². The van der Waals surface area contributed by atoms with Crippen molar-refractivity contribution in [1.82, 2.24) is 9.88 Å². The number of rotatable bonds is 3. The molecule has 0 aromatic carbocycles. The average molecular weight is 284 g/mol. The molecule has 1 aromatic rings. The molecule has 6 nitrogen and oxygen atoms in total. The number of morpholine rings is 1. The number of carbonyl (C=O) groups excluding carboxylic acids is 1. The highest BCUT2D eigenvalue weighted by Crippen LogP contribution is 2.21. The largest absolute Gasteiger partial charge is 0.481 e. The maximum Gasteiger partial charge on any atom is 0.306 e. The highest BCUT2D eigenvalue weighted by molar-refractivity contribution is 7.13. The van der Waals surface area contributed by atoms with Gasteiger partial charge >= 0.3 is 5.97 Å². The number of amides is 1. The molecule has 1 unspecified atom stereocenters. The second-order valence-electron chi connectivity index (χ2n) is 4.49. The van der Waals surface area contributed by atoms with Crippen molar-refractivity contribution in [2.75, 3.05) is 19.7 Å². The number of nitrogens with zero attached hydrogens (tertiary/aromatic N) is 2. The molecule has 0 bridgehead atoms. The molecule has 0 saturated carbocycles. The Morgan fingerprint density at radius 3 is 2.84 bits per heavy atom. The van der Waals surface area contributed by atoms with E-state index in [1.807, 2.05) is 13.8 Å². The van der Waals surface area contributed by atoms with E-state index < -0.39 is 12.1 Å². The van der Waals surface area contributed by atoms with E-state index in [4.69, 9.17) is 9.84 Å². The zero-order chi connectivity index (χ0) is 14.0. The lowest BCUT2D eigenvalue weighted by Gasteiger charge is -2.32. The van der Waals surface area contributed by atoms with Gasteiger partial charge in [0, 0.05) is 13.1 Å². The van der Waals surface area contributed by atoms with Crippen LogP contribution in [0.3, 0.4) is 0 Å². The van der Waals surface area contributed by atoms with Crippen molar-refractivity contribution in [3.63, 3.8) is 0 Å². The van der Waals surface area contributed by atoms with Crippen molar-refractivity contribution >= 4 is 23.2 Å². The molecular weight excluding hydrogens is 268 g/mol. The lowest BCUT2D eigenvalue weighted by Crippen LogP contribution is -2.46. The number of aliphatic carboxylic acids is 1. The molecule has 1 atom stereocenters. The Kier molecular flexibility index (Phi) is 4.16. The van der Waals surface area contributed by atoms with Crippen LogP contribution in [0.4, 0.5) is 0 Å². The van der Waals surface area contributed by atoms with Crippen LogP contribution in [-0.2, 0) is 9.53 Å². The molecule has 1 aromatic heterocycles. The smallest absolute Gasteiger partial charge is 0.306 e. The van der Waals surface area contributed by atoms with Gasteiger partial charge in [-0.15, -0.1) is 11.3 Å². The number of ether oxygens (including phenoxy) is 1. The van der Waals surface area contributed by atoms with E-state index in [1.165, 1.54) is 11.3 Å². The third kappa shape index (κ3) is 3.30. The van der Waals surface area contributed by atoms with Crippen LogP contribution < -0.4 is 0 Å². The lowest BCUT2D eigenvalue weighted by molar-refractivity contribution is -0.141. The molecule has 1 aliphatic rings. The van der Waals surface area contributed by atoms with Gasteiger partial charge in [0.05, 0.1) is 29.8 Å². The SMILES string of the molecule is Cc1nc(C)c(C(=O)N2CCOC(CC(=O)O)C2)s1. The zero-order valence-corrected chi connectivity index (χ0v) is 11.7. The quantitative estimate of drug-likeness (QED) is 0.898. The van der Waals surface area contributed by atoms with E-state index in [-0.39, 0.29) is 12.3 Å². The Balaban J connectivity index is 2.07. The first kappa shape index (κ1) is 14.0. The van der Waals surface area contributed by atoms with Gasteiger partial charge in [0.1, 0.15) is 4.88 Å². The fourth-order valence-electron chi connectivity index (χ4n) is 2.10. The highest BCUT2D eigenvalue weighted by atomic mass is 32.1. The summed E-state index contributed by atoms with van der Waals surface area (Å²) >= 11 is 1.37. The standard InChI is InChI=1S/C12H16N2O4S/c1-7-11(19-8(2)13-7)12(17)14-3-4-18-9(6-14)5-10(15)16/h9H,3-6H2,1-2H3,(H,15,16). The minimum absolute atomic E-state index is 0.0789. The number of thiazole rings is 1. The molecule has 2 rings (SSSR count). The summed E-state index contributed by atoms with van der Waals surface area (Å²) in [6.45, 7) is 4.86. The minimum Gasteiger partial charge on any atom is -0.481 e. The normalized spacial score (nSPS) is 19.5. The van der Waals surface area contributed by atoms with E-state index in [0.717, 1.165) is 10.7 Å². The Morgan fingerprint density at radius 1 is 1.53 bits per heavy atom. The third-order valence-electron chi connectivity index (χ3n) is 2.93. The van der Waals surface area contributed by atoms with E-state index in [9.17, 15) is 9.59 Å². The summed E-state index contributed by atoms with van der Waals surface area (Å²) in [5, 5.41) is 9.62. The zero-order valence-electron chi connectivity index (χ0n) is 10.9. The molecule has 104 valence electrons. The topological polar surface area (TPSA) is 79.7 Å². The molecule has 1 fully saturated rings. The Bertz CT molecular complexity index is 500. The molecule has 19 heavy (non-hydrogen) atoms. The Hall–Kier alpha value is -1.47. The summed E-state index contributed by atoms with van der Waals surface area (Å²) in [6, 6.07) is 0. The van der Waals surface area contributed by atoms with Crippen LogP contribution in [0.25, 0.3) is 0 Å². The van der Waals surface area contributed by atoms with Crippen LogP contribution in [0.15, 0.2) is 0 Å². The minimum atomic E-state index is -0.913. The summed E-state index contributed by atoms with van der Waals surface area (Å²) in [7, 11) is 0. The number of hydrogen-bond acceptors (Lipinski definition) is 5. The van der Waals surface area contributed by atoms with Crippen LogP contribution >= 0.6 is 11.3 Å². The van der Waals surface area contributed by atoms with E-state index >= 15 is 0 Å². The Labute approximate surface area is 115 Å². The fourth-order valence-corrected chi connectivity index (χ4v) is 2.98. The number of carboxylic acids is 1. The van der Waals surface area contributed by atoms with Gasteiger partial charge in [-0.2, -0.15) is 0 Å². The van der Waals surface area contributed by atoms with Crippen molar-refractivity contribution < 1.29 is 19.4 Å². The van der Waals surface area contributed by atoms with Gasteiger partial charge in [-0.25, -0.2) is 4.98 Å². The lowest BCUT2D eigenvalue weighted by atomic mass is 10.2. The summed E-state index contributed by atoms with van der Waals surface area (Å²) in [6.07, 6.45) is -0.505. The van der Waals surface area contributed by atoms with E-state index in [1.54, 1.807) is 4.90 Å². The predicted octanol–water partition coefficient (Wildman–Crippen LogP) is 1.08. The monoisotopic (exact) mass is 284 g/mol. The highest BCUT2D eigenvalue weighted by Gasteiger charge is 2.28. The average Bonchev–Trinajstić information content (AvgIpc) is 2.67. The molecule has 0 spiro atoms. The number of aromatic nitrogens is 1. The molecule has 0 radical (unpaired) electrons. The number of carboxylic acid groups (broad SMARTS) is 1. The maximum absolute atomic E-state index is 12.4. The number of carbonyl (C=O) groups is 2. The molecule has 1 saturated heterocycles. The van der Waals surface area contributed by atoms with Crippen LogP contribution in [-0.4, -0.2) is 52.7 Å². The summed E-state index contributed by atoms with van der Waals surface area (Å²) in [4.78, 5) is 29.6. The van der Waals surface area contributed by atoms with Crippen molar-refractivity contribution in [2.24, 2.45) is 0 Å².